The van der Waals surface area contributed by atoms with Gasteiger partial charge in [-0.2, -0.15) is 0 Å². The van der Waals surface area contributed by atoms with Crippen molar-refractivity contribution < 1.29 is 4.79 Å². The van der Waals surface area contributed by atoms with Gasteiger partial charge in [-0.15, -0.1) is 11.3 Å². The number of aromatic nitrogens is 4. The van der Waals surface area contributed by atoms with Crippen molar-refractivity contribution in [3.8, 4) is 10.8 Å². The van der Waals surface area contributed by atoms with E-state index < -0.39 is 0 Å². The van der Waals surface area contributed by atoms with Gasteiger partial charge in [0, 0.05) is 36.7 Å². The van der Waals surface area contributed by atoms with Crippen LogP contribution in [0.25, 0.3) is 10.8 Å². The lowest BCUT2D eigenvalue weighted by molar-refractivity contribution is -0.120. The maximum Gasteiger partial charge on any atom is 0.226 e. The van der Waals surface area contributed by atoms with Gasteiger partial charge in [0.2, 0.25) is 5.91 Å². The molecule has 6 nitrogen and oxygen atoms in total. The average molecular weight is 311 g/mol. The zero-order valence-electron chi connectivity index (χ0n) is 11.6. The van der Waals surface area contributed by atoms with Gasteiger partial charge in [0.05, 0.1) is 12.1 Å². The predicted molar refractivity (Wildman–Crippen MR) is 82.9 cm³/mol. The summed E-state index contributed by atoms with van der Waals surface area (Å²) in [5.41, 5.74) is 1.74. The Bertz CT molecular complexity index is 745. The Balaban J connectivity index is 1.57. The SMILES string of the molecule is O=C(Cc1csc(-c2ncccn2)n1)NCc1ccncc1. The standard InChI is InChI=1S/C15H13N5OS/c21-13(19-9-11-2-6-16-7-3-11)8-12-10-22-15(20-12)14-17-4-1-5-18-14/h1-7,10H,8-9H2,(H,19,21). The number of nitrogens with zero attached hydrogens (tertiary/aromatic N) is 4. The normalized spacial score (nSPS) is 10.4. The number of thiazole rings is 1. The Morgan fingerprint density at radius 1 is 1.14 bits per heavy atom. The van der Waals surface area contributed by atoms with E-state index in [0.717, 1.165) is 16.3 Å². The van der Waals surface area contributed by atoms with Crippen molar-refractivity contribution in [3.05, 3.63) is 59.6 Å². The molecule has 3 rings (SSSR count). The van der Waals surface area contributed by atoms with Gasteiger partial charge in [0.15, 0.2) is 10.8 Å². The molecule has 1 N–H and O–H groups in total. The molecule has 0 bridgehead atoms. The molecule has 0 aromatic carbocycles. The highest BCUT2D eigenvalue weighted by molar-refractivity contribution is 7.13. The highest BCUT2D eigenvalue weighted by Crippen LogP contribution is 2.19. The fraction of sp³-hybridized carbons (Fsp3) is 0.133. The van der Waals surface area contributed by atoms with Crippen molar-refractivity contribution in [2.45, 2.75) is 13.0 Å². The number of rotatable bonds is 5. The van der Waals surface area contributed by atoms with Crippen molar-refractivity contribution in [1.29, 1.82) is 0 Å². The van der Waals surface area contributed by atoms with Crippen LogP contribution in [0.2, 0.25) is 0 Å². The Morgan fingerprint density at radius 2 is 1.91 bits per heavy atom. The van der Waals surface area contributed by atoms with Gasteiger partial charge in [-0.3, -0.25) is 9.78 Å². The molecule has 3 heterocycles. The smallest absolute Gasteiger partial charge is 0.226 e. The maximum atomic E-state index is 11.9. The first-order chi connectivity index (χ1) is 10.8. The first-order valence-electron chi connectivity index (χ1n) is 6.68. The quantitative estimate of drug-likeness (QED) is 0.778. The maximum absolute atomic E-state index is 11.9. The molecule has 0 spiro atoms. The summed E-state index contributed by atoms with van der Waals surface area (Å²) in [6.07, 6.45) is 6.99. The number of nitrogens with one attached hydrogen (secondary N) is 1. The third-order valence-corrected chi connectivity index (χ3v) is 3.78. The summed E-state index contributed by atoms with van der Waals surface area (Å²) < 4.78 is 0. The fourth-order valence-electron chi connectivity index (χ4n) is 1.83. The molecule has 0 saturated carbocycles. The van der Waals surface area contributed by atoms with Crippen LogP contribution in [0.5, 0.6) is 0 Å². The van der Waals surface area contributed by atoms with E-state index in [0.29, 0.717) is 12.4 Å². The largest absolute Gasteiger partial charge is 0.352 e. The molecule has 1 amide bonds. The summed E-state index contributed by atoms with van der Waals surface area (Å²) in [6, 6.07) is 5.49. The minimum Gasteiger partial charge on any atom is -0.352 e. The lowest BCUT2D eigenvalue weighted by Crippen LogP contribution is -2.24. The molecule has 0 radical (unpaired) electrons. The molecule has 3 aromatic rings. The summed E-state index contributed by atoms with van der Waals surface area (Å²) >= 11 is 1.43. The van der Waals surface area contributed by atoms with E-state index in [1.807, 2.05) is 17.5 Å². The third kappa shape index (κ3) is 3.70. The second kappa shape index (κ2) is 6.86. The number of hydrogen-bond acceptors (Lipinski definition) is 6. The van der Waals surface area contributed by atoms with Crippen LogP contribution in [0, 0.1) is 0 Å². The number of carbonyl (C=O) groups excluding carboxylic acids is 1. The van der Waals surface area contributed by atoms with Gasteiger partial charge in [0.25, 0.3) is 0 Å². The van der Waals surface area contributed by atoms with E-state index in [2.05, 4.69) is 25.3 Å². The summed E-state index contributed by atoms with van der Waals surface area (Å²) in [5.74, 6) is 0.513. The highest BCUT2D eigenvalue weighted by atomic mass is 32.1. The van der Waals surface area contributed by atoms with Crippen molar-refractivity contribution in [2.75, 3.05) is 0 Å². The van der Waals surface area contributed by atoms with Crippen molar-refractivity contribution in [2.24, 2.45) is 0 Å². The topological polar surface area (TPSA) is 80.7 Å². The van der Waals surface area contributed by atoms with Crippen LogP contribution in [0.1, 0.15) is 11.3 Å². The summed E-state index contributed by atoms with van der Waals surface area (Å²) in [5, 5.41) is 5.44. The van der Waals surface area contributed by atoms with Gasteiger partial charge in [0.1, 0.15) is 0 Å². The molecule has 0 unspecified atom stereocenters. The molecule has 0 fully saturated rings. The molecule has 110 valence electrons. The molecule has 0 aliphatic rings. The second-order valence-corrected chi connectivity index (χ2v) is 5.38. The molecule has 7 heteroatoms. The molecular formula is C15H13N5OS. The van der Waals surface area contributed by atoms with E-state index in [1.165, 1.54) is 11.3 Å². The molecule has 0 saturated heterocycles. The van der Waals surface area contributed by atoms with Crippen LogP contribution in [0.15, 0.2) is 48.4 Å². The van der Waals surface area contributed by atoms with Crippen molar-refractivity contribution in [3.63, 3.8) is 0 Å². The lowest BCUT2D eigenvalue weighted by atomic mass is 10.2. The van der Waals surface area contributed by atoms with Crippen LogP contribution in [-0.2, 0) is 17.8 Å². The predicted octanol–water partition coefficient (Wildman–Crippen LogP) is 1.85. The van der Waals surface area contributed by atoms with E-state index in [4.69, 9.17) is 0 Å². The van der Waals surface area contributed by atoms with Gasteiger partial charge in [-0.25, -0.2) is 15.0 Å². The van der Waals surface area contributed by atoms with E-state index in [1.54, 1.807) is 30.9 Å². The Kier molecular flexibility index (Phi) is 4.45. The summed E-state index contributed by atoms with van der Waals surface area (Å²) in [6.45, 7) is 0.486. The van der Waals surface area contributed by atoms with Gasteiger partial charge >= 0.3 is 0 Å². The van der Waals surface area contributed by atoms with Crippen LogP contribution in [0.3, 0.4) is 0 Å². The first kappa shape index (κ1) is 14.3. The Morgan fingerprint density at radius 3 is 2.68 bits per heavy atom. The molecule has 0 aliphatic carbocycles. The van der Waals surface area contributed by atoms with Crippen molar-refractivity contribution in [1.82, 2.24) is 25.3 Å². The zero-order chi connectivity index (χ0) is 15.2. The summed E-state index contributed by atoms with van der Waals surface area (Å²) in [4.78, 5) is 28.6. The third-order valence-electron chi connectivity index (χ3n) is 2.89. The lowest BCUT2D eigenvalue weighted by Gasteiger charge is -2.03. The van der Waals surface area contributed by atoms with Gasteiger partial charge in [-0.05, 0) is 23.8 Å². The second-order valence-electron chi connectivity index (χ2n) is 4.53. The van der Waals surface area contributed by atoms with Crippen LogP contribution in [-0.4, -0.2) is 25.8 Å². The number of hydrogen-bond donors (Lipinski definition) is 1. The minimum absolute atomic E-state index is 0.0670. The monoisotopic (exact) mass is 311 g/mol. The molecule has 22 heavy (non-hydrogen) atoms. The van der Waals surface area contributed by atoms with Gasteiger partial charge < -0.3 is 5.32 Å². The Labute approximate surface area is 131 Å². The van der Waals surface area contributed by atoms with Crippen LogP contribution < -0.4 is 5.32 Å². The fourth-order valence-corrected chi connectivity index (χ4v) is 2.59. The molecule has 0 atom stereocenters. The van der Waals surface area contributed by atoms with Crippen molar-refractivity contribution >= 4 is 17.2 Å². The average Bonchev–Trinajstić information content (AvgIpc) is 3.03. The summed E-state index contributed by atoms with van der Waals surface area (Å²) in [7, 11) is 0. The molecule has 3 aromatic heterocycles. The highest BCUT2D eigenvalue weighted by Gasteiger charge is 2.10. The van der Waals surface area contributed by atoms with Crippen LogP contribution in [0.4, 0.5) is 0 Å². The van der Waals surface area contributed by atoms with Gasteiger partial charge in [-0.1, -0.05) is 0 Å². The number of pyridine rings is 1. The minimum atomic E-state index is -0.0670. The molecule has 0 aliphatic heterocycles. The van der Waals surface area contributed by atoms with Crippen LogP contribution >= 0.6 is 11.3 Å². The number of amides is 1. The zero-order valence-corrected chi connectivity index (χ0v) is 12.5. The number of carbonyl (C=O) groups is 1. The Hall–Kier alpha value is -2.67. The van der Waals surface area contributed by atoms with E-state index in [9.17, 15) is 4.79 Å². The van der Waals surface area contributed by atoms with E-state index >= 15 is 0 Å². The van der Waals surface area contributed by atoms with E-state index in [-0.39, 0.29) is 12.3 Å². The molecular weight excluding hydrogens is 298 g/mol. The first-order valence-corrected chi connectivity index (χ1v) is 7.56.